The third kappa shape index (κ3) is 5.42. The van der Waals surface area contributed by atoms with E-state index in [2.05, 4.69) is 33.1 Å². The number of carbonyl (C=O) groups is 2. The summed E-state index contributed by atoms with van der Waals surface area (Å²) in [7, 11) is 1.59. The summed E-state index contributed by atoms with van der Waals surface area (Å²) in [6.07, 6.45) is 4.47. The van der Waals surface area contributed by atoms with Crippen LogP contribution in [0.4, 0.5) is 5.82 Å². The molecule has 0 aliphatic carbocycles. The minimum Gasteiger partial charge on any atom is -0.355 e. The lowest BCUT2D eigenvalue weighted by Gasteiger charge is -2.47. The number of aromatic nitrogens is 1. The Hall–Kier alpha value is -3.15. The van der Waals surface area contributed by atoms with E-state index >= 15 is 0 Å². The number of piperidine rings is 1. The molecule has 1 aromatic carbocycles. The first-order chi connectivity index (χ1) is 16.9. The Balaban J connectivity index is 1.36. The van der Waals surface area contributed by atoms with Crippen molar-refractivity contribution in [3.8, 4) is 6.07 Å². The van der Waals surface area contributed by atoms with Gasteiger partial charge < -0.3 is 15.1 Å². The van der Waals surface area contributed by atoms with Gasteiger partial charge in [0.05, 0.1) is 22.2 Å². The topological polar surface area (TPSA) is 92.6 Å². The van der Waals surface area contributed by atoms with Crippen LogP contribution in [0.2, 0.25) is 5.02 Å². The largest absolute Gasteiger partial charge is 0.355 e. The minimum atomic E-state index is -0.203. The third-order valence-corrected chi connectivity index (χ3v) is 7.37. The van der Waals surface area contributed by atoms with Crippen LogP contribution in [0.15, 0.2) is 36.5 Å². The summed E-state index contributed by atoms with van der Waals surface area (Å²) in [4.78, 5) is 36.0. The second kappa shape index (κ2) is 11.1. The number of hydrogen-bond donors (Lipinski definition) is 1. The predicted octanol–water partition coefficient (Wildman–Crippen LogP) is 3.17. The molecular formula is C26H31ClN6O2. The summed E-state index contributed by atoms with van der Waals surface area (Å²) in [5, 5.41) is 12.1. The van der Waals surface area contributed by atoms with E-state index in [-0.39, 0.29) is 11.8 Å². The molecule has 1 aromatic heterocycles. The maximum absolute atomic E-state index is 12.9. The van der Waals surface area contributed by atoms with Gasteiger partial charge in [-0.05, 0) is 49.6 Å². The Morgan fingerprint density at radius 1 is 1.14 bits per heavy atom. The Labute approximate surface area is 211 Å². The van der Waals surface area contributed by atoms with E-state index in [4.69, 9.17) is 16.9 Å². The first kappa shape index (κ1) is 25.0. The zero-order chi connectivity index (χ0) is 24.9. The maximum Gasteiger partial charge on any atom is 0.253 e. The van der Waals surface area contributed by atoms with Gasteiger partial charge in [0.25, 0.3) is 11.8 Å². The number of benzene rings is 1. The van der Waals surface area contributed by atoms with Gasteiger partial charge in [0.1, 0.15) is 5.82 Å². The first-order valence-electron chi connectivity index (χ1n) is 12.1. The van der Waals surface area contributed by atoms with Gasteiger partial charge in [0, 0.05) is 63.6 Å². The highest BCUT2D eigenvalue weighted by Crippen LogP contribution is 2.29. The number of halogens is 1. The van der Waals surface area contributed by atoms with Crippen molar-refractivity contribution in [1.82, 2.24) is 20.1 Å². The number of nitrogens with one attached hydrogen (secondary N) is 1. The maximum atomic E-state index is 12.9. The number of amides is 2. The van der Waals surface area contributed by atoms with Crippen molar-refractivity contribution < 1.29 is 9.59 Å². The van der Waals surface area contributed by atoms with Gasteiger partial charge in [-0.1, -0.05) is 18.5 Å². The lowest BCUT2D eigenvalue weighted by Crippen LogP contribution is -2.58. The number of anilines is 1. The molecule has 0 spiro atoms. The van der Waals surface area contributed by atoms with Gasteiger partial charge in [-0.25, -0.2) is 4.98 Å². The SMILES string of the molecule is CC[C@H]1CN(c2ncc(C(=O)NC)cc2Cl)CCN1C1CCN(C(=O)c2ccc(C#N)cc2)CC1. The van der Waals surface area contributed by atoms with E-state index in [1.165, 1.54) is 0 Å². The van der Waals surface area contributed by atoms with Crippen LogP contribution in [0.1, 0.15) is 52.5 Å². The van der Waals surface area contributed by atoms with Crippen molar-refractivity contribution in [2.24, 2.45) is 0 Å². The highest BCUT2D eigenvalue weighted by Gasteiger charge is 2.34. The van der Waals surface area contributed by atoms with E-state index in [1.54, 1.807) is 43.6 Å². The second-order valence-electron chi connectivity index (χ2n) is 9.07. The molecule has 8 nitrogen and oxygen atoms in total. The van der Waals surface area contributed by atoms with Gasteiger partial charge in [-0.15, -0.1) is 0 Å². The lowest BCUT2D eigenvalue weighted by molar-refractivity contribution is 0.0490. The molecule has 3 heterocycles. The molecule has 0 saturated carbocycles. The van der Waals surface area contributed by atoms with E-state index in [1.807, 2.05) is 4.90 Å². The van der Waals surface area contributed by atoms with Gasteiger partial charge in [-0.3, -0.25) is 14.5 Å². The van der Waals surface area contributed by atoms with Crippen molar-refractivity contribution in [3.05, 3.63) is 58.2 Å². The fourth-order valence-corrected chi connectivity index (χ4v) is 5.39. The molecule has 9 heteroatoms. The van der Waals surface area contributed by atoms with E-state index in [0.717, 1.165) is 57.8 Å². The zero-order valence-corrected chi connectivity index (χ0v) is 21.0. The Bertz CT molecular complexity index is 1110. The number of piperazine rings is 1. The smallest absolute Gasteiger partial charge is 0.253 e. The fraction of sp³-hybridized carbons (Fsp3) is 0.462. The molecule has 4 rings (SSSR count). The van der Waals surface area contributed by atoms with Crippen LogP contribution in [-0.2, 0) is 0 Å². The van der Waals surface area contributed by atoms with Crippen LogP contribution in [0, 0.1) is 11.3 Å². The number of nitrogens with zero attached hydrogens (tertiary/aromatic N) is 5. The number of nitriles is 1. The van der Waals surface area contributed by atoms with Crippen LogP contribution in [-0.4, -0.2) is 78.5 Å². The van der Waals surface area contributed by atoms with Crippen molar-refractivity contribution >= 4 is 29.2 Å². The third-order valence-electron chi connectivity index (χ3n) is 7.09. The average molecular weight is 495 g/mol. The van der Waals surface area contributed by atoms with Gasteiger partial charge in [0.15, 0.2) is 0 Å². The summed E-state index contributed by atoms with van der Waals surface area (Å²) in [6, 6.07) is 11.4. The number of pyridine rings is 1. The molecule has 0 bridgehead atoms. The summed E-state index contributed by atoms with van der Waals surface area (Å²) in [5.74, 6) is 0.553. The average Bonchev–Trinajstić information content (AvgIpc) is 2.92. The van der Waals surface area contributed by atoms with Crippen LogP contribution in [0.5, 0.6) is 0 Å². The van der Waals surface area contributed by atoms with Crippen molar-refractivity contribution in [1.29, 1.82) is 5.26 Å². The molecule has 2 saturated heterocycles. The van der Waals surface area contributed by atoms with Gasteiger partial charge >= 0.3 is 0 Å². The molecule has 2 amide bonds. The molecule has 35 heavy (non-hydrogen) atoms. The fourth-order valence-electron chi connectivity index (χ4n) is 5.11. The molecule has 1 atom stereocenters. The van der Waals surface area contributed by atoms with Crippen LogP contribution in [0.3, 0.4) is 0 Å². The van der Waals surface area contributed by atoms with Gasteiger partial charge in [-0.2, -0.15) is 5.26 Å². The summed E-state index contributed by atoms with van der Waals surface area (Å²) in [6.45, 7) is 6.21. The molecule has 0 unspecified atom stereocenters. The molecule has 1 N–H and O–H groups in total. The quantitative estimate of drug-likeness (QED) is 0.686. The first-order valence-corrected chi connectivity index (χ1v) is 12.5. The number of rotatable bonds is 5. The van der Waals surface area contributed by atoms with Crippen molar-refractivity contribution in [3.63, 3.8) is 0 Å². The Kier molecular flexibility index (Phi) is 7.89. The lowest BCUT2D eigenvalue weighted by atomic mass is 9.97. The van der Waals surface area contributed by atoms with E-state index in [9.17, 15) is 9.59 Å². The second-order valence-corrected chi connectivity index (χ2v) is 9.47. The molecule has 2 aliphatic heterocycles. The van der Waals surface area contributed by atoms with Crippen LogP contribution in [0.25, 0.3) is 0 Å². The summed E-state index contributed by atoms with van der Waals surface area (Å²) >= 11 is 6.50. The normalized spacial score (nSPS) is 19.3. The monoisotopic (exact) mass is 494 g/mol. The predicted molar refractivity (Wildman–Crippen MR) is 136 cm³/mol. The summed E-state index contributed by atoms with van der Waals surface area (Å²) in [5.41, 5.74) is 1.65. The van der Waals surface area contributed by atoms with E-state index < -0.39 is 0 Å². The highest BCUT2D eigenvalue weighted by atomic mass is 35.5. The minimum absolute atomic E-state index is 0.0331. The molecule has 184 valence electrons. The molecule has 2 aliphatic rings. The highest BCUT2D eigenvalue weighted by molar-refractivity contribution is 6.33. The van der Waals surface area contributed by atoms with Crippen LogP contribution >= 0.6 is 11.6 Å². The van der Waals surface area contributed by atoms with Crippen LogP contribution < -0.4 is 10.2 Å². The molecular weight excluding hydrogens is 464 g/mol. The number of carbonyl (C=O) groups excluding carboxylic acids is 2. The summed E-state index contributed by atoms with van der Waals surface area (Å²) < 4.78 is 0. The number of likely N-dealkylation sites (tertiary alicyclic amines) is 1. The molecule has 2 aromatic rings. The number of hydrogen-bond acceptors (Lipinski definition) is 6. The Morgan fingerprint density at radius 3 is 2.46 bits per heavy atom. The molecule has 0 radical (unpaired) electrons. The van der Waals surface area contributed by atoms with Crippen molar-refractivity contribution in [2.45, 2.75) is 38.3 Å². The van der Waals surface area contributed by atoms with E-state index in [0.29, 0.717) is 33.8 Å². The standard InChI is InChI=1S/C26H31ClN6O2/c1-3-21-17-32(24-23(27)14-20(16-30-24)25(34)29-2)12-13-33(21)22-8-10-31(11-9-22)26(35)19-6-4-18(15-28)5-7-19/h4-7,14,16,21-22H,3,8-13,17H2,1-2H3,(H,29,34)/t21-/m0/s1. The van der Waals surface area contributed by atoms with Gasteiger partial charge in [0.2, 0.25) is 0 Å². The molecule has 2 fully saturated rings. The zero-order valence-electron chi connectivity index (χ0n) is 20.2. The Morgan fingerprint density at radius 2 is 1.86 bits per heavy atom. The van der Waals surface area contributed by atoms with Crippen molar-refractivity contribution in [2.75, 3.05) is 44.7 Å².